The minimum atomic E-state index is -0.603. The van der Waals surface area contributed by atoms with Crippen LogP contribution in [0.25, 0.3) is 0 Å². The second-order valence-corrected chi connectivity index (χ2v) is 8.65. The number of carbonyl (C=O) groups is 2. The molecule has 4 rings (SSSR count). The lowest BCUT2D eigenvalue weighted by molar-refractivity contribution is -0.133. The van der Waals surface area contributed by atoms with Crippen LogP contribution < -0.4 is 5.32 Å². The standard InChI is InChI=1S/C22H27ClN2O3/c23-19-7-3-6-17(10-19)8-9-24-21(27)22-14-25(12-18(22)13-28-15-22)20(26)11-16-4-1-2-5-16/h3-4,6-7,10,18H,1-2,5,8-9,11-15H2,(H,24,27)/t18?,22-/m1/s1. The van der Waals surface area contributed by atoms with Crippen LogP contribution in [0.2, 0.25) is 5.02 Å². The predicted octanol–water partition coefficient (Wildman–Crippen LogP) is 2.97. The largest absolute Gasteiger partial charge is 0.380 e. The Kier molecular flexibility index (Phi) is 5.74. The minimum absolute atomic E-state index is 0.00686. The van der Waals surface area contributed by atoms with Crippen molar-refractivity contribution in [2.45, 2.75) is 32.1 Å². The highest BCUT2D eigenvalue weighted by Crippen LogP contribution is 2.42. The van der Waals surface area contributed by atoms with Gasteiger partial charge in [-0.3, -0.25) is 9.59 Å². The van der Waals surface area contributed by atoms with Gasteiger partial charge in [0.15, 0.2) is 0 Å². The average Bonchev–Trinajstić information content (AvgIpc) is 3.37. The number of carbonyl (C=O) groups excluding carboxylic acids is 2. The fourth-order valence-corrected chi connectivity index (χ4v) is 4.85. The second-order valence-electron chi connectivity index (χ2n) is 8.21. The summed E-state index contributed by atoms with van der Waals surface area (Å²) < 4.78 is 5.65. The quantitative estimate of drug-likeness (QED) is 0.744. The number of likely N-dealkylation sites (tertiary alicyclic amines) is 1. The minimum Gasteiger partial charge on any atom is -0.380 e. The van der Waals surface area contributed by atoms with E-state index in [1.165, 1.54) is 5.57 Å². The highest BCUT2D eigenvalue weighted by Gasteiger charge is 2.56. The Morgan fingerprint density at radius 2 is 2.25 bits per heavy atom. The second kappa shape index (κ2) is 8.26. The summed E-state index contributed by atoms with van der Waals surface area (Å²) in [6, 6.07) is 7.68. The molecule has 3 aliphatic rings. The van der Waals surface area contributed by atoms with Crippen molar-refractivity contribution in [2.24, 2.45) is 11.3 Å². The Morgan fingerprint density at radius 3 is 3.04 bits per heavy atom. The van der Waals surface area contributed by atoms with Crippen molar-refractivity contribution >= 4 is 23.4 Å². The van der Waals surface area contributed by atoms with E-state index >= 15 is 0 Å². The third kappa shape index (κ3) is 3.96. The first-order chi connectivity index (χ1) is 13.6. The van der Waals surface area contributed by atoms with Crippen LogP contribution in [0.15, 0.2) is 35.9 Å². The first-order valence-corrected chi connectivity index (χ1v) is 10.5. The molecule has 2 aliphatic heterocycles. The number of fused-ring (bicyclic) bond motifs is 1. The number of nitrogens with one attached hydrogen (secondary N) is 1. The first-order valence-electron chi connectivity index (χ1n) is 10.1. The molecular weight excluding hydrogens is 376 g/mol. The van der Waals surface area contributed by atoms with Crippen LogP contribution in [-0.2, 0) is 20.7 Å². The average molecular weight is 403 g/mol. The molecule has 6 heteroatoms. The molecule has 150 valence electrons. The van der Waals surface area contributed by atoms with E-state index in [9.17, 15) is 9.59 Å². The van der Waals surface area contributed by atoms with Crippen LogP contribution >= 0.6 is 11.6 Å². The number of hydrogen-bond acceptors (Lipinski definition) is 3. The lowest BCUT2D eigenvalue weighted by Gasteiger charge is -2.26. The fraction of sp³-hybridized carbons (Fsp3) is 0.545. The summed E-state index contributed by atoms with van der Waals surface area (Å²) >= 11 is 6.02. The highest BCUT2D eigenvalue weighted by atomic mass is 35.5. The van der Waals surface area contributed by atoms with Crippen molar-refractivity contribution in [1.82, 2.24) is 10.2 Å². The Labute approximate surface area is 171 Å². The maximum Gasteiger partial charge on any atom is 0.230 e. The van der Waals surface area contributed by atoms with Crippen LogP contribution in [-0.4, -0.2) is 49.6 Å². The molecule has 2 fully saturated rings. The number of benzene rings is 1. The molecular formula is C22H27ClN2O3. The van der Waals surface area contributed by atoms with Crippen LogP contribution in [0.5, 0.6) is 0 Å². The molecule has 1 aromatic rings. The monoisotopic (exact) mass is 402 g/mol. The predicted molar refractivity (Wildman–Crippen MR) is 108 cm³/mol. The van der Waals surface area contributed by atoms with Crippen molar-refractivity contribution in [3.8, 4) is 0 Å². The van der Waals surface area contributed by atoms with Gasteiger partial charge in [-0.25, -0.2) is 0 Å². The molecule has 2 amide bonds. The van der Waals surface area contributed by atoms with E-state index in [0.29, 0.717) is 44.3 Å². The van der Waals surface area contributed by atoms with E-state index in [2.05, 4.69) is 11.4 Å². The maximum absolute atomic E-state index is 13.1. The molecule has 0 bridgehead atoms. The summed E-state index contributed by atoms with van der Waals surface area (Å²) in [7, 11) is 0. The topological polar surface area (TPSA) is 58.6 Å². The zero-order chi connectivity index (χ0) is 19.6. The van der Waals surface area contributed by atoms with Crippen molar-refractivity contribution in [3.05, 3.63) is 46.5 Å². The number of ether oxygens (including phenoxy) is 1. The van der Waals surface area contributed by atoms with Crippen molar-refractivity contribution in [1.29, 1.82) is 0 Å². The molecule has 2 heterocycles. The summed E-state index contributed by atoms with van der Waals surface area (Å²) in [6.45, 7) is 2.58. The van der Waals surface area contributed by atoms with Gasteiger partial charge in [0.25, 0.3) is 0 Å². The van der Waals surface area contributed by atoms with Crippen LogP contribution in [0.1, 0.15) is 31.2 Å². The molecule has 0 spiro atoms. The van der Waals surface area contributed by atoms with Crippen molar-refractivity contribution in [3.63, 3.8) is 0 Å². The third-order valence-electron chi connectivity index (χ3n) is 6.28. The SMILES string of the molecule is O=C(CC1=CCCC1)N1CC2COC[C@]2(C(=O)NCCc2cccc(Cl)c2)C1. The Balaban J connectivity index is 1.35. The smallest absolute Gasteiger partial charge is 0.230 e. The Bertz CT molecular complexity index is 794. The number of allylic oxidation sites excluding steroid dienone is 1. The number of nitrogens with zero attached hydrogens (tertiary/aromatic N) is 1. The molecule has 5 nitrogen and oxygen atoms in total. The van der Waals surface area contributed by atoms with Gasteiger partial charge in [-0.1, -0.05) is 35.4 Å². The van der Waals surface area contributed by atoms with Gasteiger partial charge < -0.3 is 15.0 Å². The van der Waals surface area contributed by atoms with E-state index < -0.39 is 5.41 Å². The van der Waals surface area contributed by atoms with E-state index in [1.54, 1.807) is 0 Å². The highest BCUT2D eigenvalue weighted by molar-refractivity contribution is 6.30. The molecule has 1 aromatic carbocycles. The fourth-order valence-electron chi connectivity index (χ4n) is 4.64. The Morgan fingerprint density at radius 1 is 1.36 bits per heavy atom. The summed E-state index contributed by atoms with van der Waals surface area (Å²) in [6.07, 6.45) is 6.68. The molecule has 1 N–H and O–H groups in total. The summed E-state index contributed by atoms with van der Waals surface area (Å²) in [5.74, 6) is 0.237. The van der Waals surface area contributed by atoms with Gasteiger partial charge in [-0.2, -0.15) is 0 Å². The van der Waals surface area contributed by atoms with Gasteiger partial charge in [0, 0.05) is 37.0 Å². The maximum atomic E-state index is 13.1. The molecule has 2 atom stereocenters. The van der Waals surface area contributed by atoms with Crippen molar-refractivity contribution < 1.29 is 14.3 Å². The number of amides is 2. The molecule has 0 aromatic heterocycles. The number of rotatable bonds is 6. The van der Waals surface area contributed by atoms with Gasteiger partial charge in [0.1, 0.15) is 0 Å². The van der Waals surface area contributed by atoms with Gasteiger partial charge in [-0.15, -0.1) is 0 Å². The summed E-state index contributed by atoms with van der Waals surface area (Å²) in [4.78, 5) is 27.7. The number of halogens is 1. The van der Waals surface area contributed by atoms with E-state index in [0.717, 1.165) is 31.2 Å². The number of hydrogen-bond donors (Lipinski definition) is 1. The molecule has 2 saturated heterocycles. The first kappa shape index (κ1) is 19.5. The van der Waals surface area contributed by atoms with Gasteiger partial charge in [0.2, 0.25) is 11.8 Å². The summed E-state index contributed by atoms with van der Waals surface area (Å²) in [5, 5.41) is 3.78. The van der Waals surface area contributed by atoms with E-state index in [-0.39, 0.29) is 17.7 Å². The molecule has 1 aliphatic carbocycles. The van der Waals surface area contributed by atoms with Crippen LogP contribution in [0.3, 0.4) is 0 Å². The third-order valence-corrected chi connectivity index (χ3v) is 6.52. The normalized spacial score (nSPS) is 26.2. The van der Waals surface area contributed by atoms with Gasteiger partial charge >= 0.3 is 0 Å². The molecule has 0 saturated carbocycles. The summed E-state index contributed by atoms with van der Waals surface area (Å²) in [5.41, 5.74) is 1.74. The lowest BCUT2D eigenvalue weighted by Crippen LogP contribution is -2.47. The molecule has 1 unspecified atom stereocenters. The van der Waals surface area contributed by atoms with Crippen LogP contribution in [0.4, 0.5) is 0 Å². The zero-order valence-corrected chi connectivity index (χ0v) is 16.8. The molecule has 0 radical (unpaired) electrons. The molecule has 28 heavy (non-hydrogen) atoms. The van der Waals surface area contributed by atoms with Gasteiger partial charge in [0.05, 0.1) is 18.6 Å². The van der Waals surface area contributed by atoms with Crippen molar-refractivity contribution in [2.75, 3.05) is 32.8 Å². The zero-order valence-electron chi connectivity index (χ0n) is 16.1. The van der Waals surface area contributed by atoms with Gasteiger partial charge in [-0.05, 0) is 43.4 Å². The Hall–Kier alpha value is -1.85. The lowest BCUT2D eigenvalue weighted by atomic mass is 9.80. The van der Waals surface area contributed by atoms with Crippen LogP contribution in [0, 0.1) is 11.3 Å². The van der Waals surface area contributed by atoms with E-state index in [1.807, 2.05) is 29.2 Å². The van der Waals surface area contributed by atoms with E-state index in [4.69, 9.17) is 16.3 Å².